The molecular formula is C68H71Cl3N20O13. The van der Waals surface area contributed by atoms with E-state index in [0.29, 0.717) is 128 Å². The van der Waals surface area contributed by atoms with E-state index >= 15 is 0 Å². The number of hydrogen-bond donors (Lipinski definition) is 8. The number of aromatic nitrogens is 14. The number of nitrogen functional groups attached to an aromatic ring is 3. The Balaban J connectivity index is 0.000000237. The molecule has 0 amide bonds. The summed E-state index contributed by atoms with van der Waals surface area (Å²) in [7, 11) is 4.04. The number of benzene rings is 4. The minimum atomic E-state index is -0.880. The number of esters is 3. The van der Waals surface area contributed by atoms with Crippen LogP contribution < -0.4 is 47.8 Å². The lowest BCUT2D eigenvalue weighted by Crippen LogP contribution is -2.07. The van der Waals surface area contributed by atoms with Gasteiger partial charge in [0.15, 0.2) is 0 Å². The van der Waals surface area contributed by atoms with Crippen LogP contribution in [-0.2, 0) is 67.5 Å². The summed E-state index contributed by atoms with van der Waals surface area (Å²) in [5.41, 5.74) is 27.7. The van der Waals surface area contributed by atoms with E-state index in [1.54, 1.807) is 124 Å². The third-order valence-corrected chi connectivity index (χ3v) is 13.5. The second-order valence-electron chi connectivity index (χ2n) is 20.6. The topological polar surface area (TPSA) is 504 Å². The SMILES string of the molecule is COC(=O)Cc1ccc(Oc2cc(Cl)ncn2)cc1.COC(=O)Cc1ccc(Oc2cc(NCc3cnc(C)nc3N)ncn2)cc1.COC(=O)c1ccc(O)cc1.Cc1ncc(CN)c(N)n1.Cc1ncc(CNc2cc(Oc3ccc(CC(=O)O)cc3)ncn2)c(N)n1.Clc1cc(Cl)ncn1.O. The molecule has 0 fully saturated rings. The van der Waals surface area contributed by atoms with Gasteiger partial charge in [0, 0.05) is 79.2 Å². The summed E-state index contributed by atoms with van der Waals surface area (Å²) >= 11 is 16.5. The normalized spacial score (nSPS) is 9.94. The van der Waals surface area contributed by atoms with E-state index in [0.717, 1.165) is 27.8 Å². The number of anilines is 5. The minimum absolute atomic E-state index is 0. The van der Waals surface area contributed by atoms with Crippen molar-refractivity contribution in [2.75, 3.05) is 49.2 Å². The molecule has 542 valence electrons. The Labute approximate surface area is 610 Å². The molecule has 14 N–H and O–H groups in total. The summed E-state index contributed by atoms with van der Waals surface area (Å²) in [5, 5.41) is 25.0. The first-order chi connectivity index (χ1) is 49.4. The molecule has 7 heterocycles. The lowest BCUT2D eigenvalue weighted by atomic mass is 10.1. The zero-order valence-electron chi connectivity index (χ0n) is 56.5. The van der Waals surface area contributed by atoms with Gasteiger partial charge in [-0.15, -0.1) is 0 Å². The molecule has 0 saturated carbocycles. The second kappa shape index (κ2) is 43.1. The van der Waals surface area contributed by atoms with Crippen LogP contribution in [0.3, 0.4) is 0 Å². The molecule has 0 atom stereocenters. The largest absolute Gasteiger partial charge is 0.508 e. The first-order valence-electron chi connectivity index (χ1n) is 30.2. The van der Waals surface area contributed by atoms with E-state index in [4.69, 9.17) is 82.2 Å². The summed E-state index contributed by atoms with van der Waals surface area (Å²) in [6.45, 7) is 6.57. The van der Waals surface area contributed by atoms with Gasteiger partial charge in [0.05, 0.1) is 46.2 Å². The van der Waals surface area contributed by atoms with Crippen LogP contribution in [0.1, 0.15) is 61.2 Å². The van der Waals surface area contributed by atoms with Crippen molar-refractivity contribution < 1.29 is 63.3 Å². The van der Waals surface area contributed by atoms with Crippen molar-refractivity contribution in [2.24, 2.45) is 5.73 Å². The second-order valence-corrected chi connectivity index (χ2v) is 21.7. The Bertz CT molecular complexity index is 4530. The molecule has 0 saturated heterocycles. The van der Waals surface area contributed by atoms with Crippen molar-refractivity contribution >= 4 is 87.8 Å². The summed E-state index contributed by atoms with van der Waals surface area (Å²) in [6, 6.07) is 33.2. The van der Waals surface area contributed by atoms with Crippen LogP contribution in [0.4, 0.5) is 29.1 Å². The van der Waals surface area contributed by atoms with Crippen molar-refractivity contribution in [2.45, 2.75) is 59.7 Å². The molecule has 36 heteroatoms. The van der Waals surface area contributed by atoms with Crippen molar-refractivity contribution in [3.05, 3.63) is 237 Å². The summed E-state index contributed by atoms with van der Waals surface area (Å²) in [4.78, 5) is 99.7. The van der Waals surface area contributed by atoms with Crippen LogP contribution >= 0.6 is 34.8 Å². The molecule has 0 spiro atoms. The highest BCUT2D eigenvalue weighted by Gasteiger charge is 2.11. The Kier molecular flexibility index (Phi) is 34.0. The molecular weight excluding hydrogens is 1410 g/mol. The number of methoxy groups -OCH3 is 3. The number of aliphatic carboxylic acids is 1. The summed E-state index contributed by atoms with van der Waals surface area (Å²) in [5.74, 6) is 5.49. The van der Waals surface area contributed by atoms with Gasteiger partial charge in [0.25, 0.3) is 0 Å². The van der Waals surface area contributed by atoms with Gasteiger partial charge in [-0.1, -0.05) is 71.2 Å². The molecule has 0 radical (unpaired) electrons. The number of carbonyl (C=O) groups excluding carboxylic acids is 3. The van der Waals surface area contributed by atoms with Gasteiger partial charge >= 0.3 is 23.9 Å². The van der Waals surface area contributed by atoms with E-state index in [1.165, 1.54) is 83.0 Å². The van der Waals surface area contributed by atoms with Gasteiger partial charge in [0.1, 0.15) is 110 Å². The monoisotopic (exact) mass is 1480 g/mol. The van der Waals surface area contributed by atoms with Gasteiger partial charge in [-0.3, -0.25) is 14.4 Å². The van der Waals surface area contributed by atoms with E-state index < -0.39 is 11.9 Å². The summed E-state index contributed by atoms with van der Waals surface area (Å²) in [6.07, 6.45) is 10.8. The number of phenolic OH excluding ortho intramolecular Hbond substituents is 1. The summed E-state index contributed by atoms with van der Waals surface area (Å²) < 4.78 is 30.6. The number of nitrogens with two attached hydrogens (primary N) is 4. The van der Waals surface area contributed by atoms with Gasteiger partial charge in [-0.2, -0.15) is 0 Å². The Morgan fingerprint density at radius 3 is 1.12 bits per heavy atom. The molecule has 4 aromatic carbocycles. The average molecular weight is 1480 g/mol. The Morgan fingerprint density at radius 2 is 0.788 bits per heavy atom. The Morgan fingerprint density at radius 1 is 0.442 bits per heavy atom. The molecule has 7 aromatic heterocycles. The van der Waals surface area contributed by atoms with Crippen LogP contribution in [0.5, 0.6) is 40.6 Å². The van der Waals surface area contributed by atoms with Gasteiger partial charge in [0.2, 0.25) is 17.6 Å². The van der Waals surface area contributed by atoms with E-state index in [1.807, 2.05) is 0 Å². The number of aryl methyl sites for hydroxylation is 3. The van der Waals surface area contributed by atoms with Crippen molar-refractivity contribution in [1.29, 1.82) is 0 Å². The maximum atomic E-state index is 11.3. The fourth-order valence-corrected chi connectivity index (χ4v) is 8.25. The minimum Gasteiger partial charge on any atom is -0.508 e. The predicted molar refractivity (Wildman–Crippen MR) is 385 cm³/mol. The molecule has 0 aliphatic heterocycles. The number of carboxylic acids is 1. The van der Waals surface area contributed by atoms with Crippen LogP contribution in [0.15, 0.2) is 165 Å². The first kappa shape index (κ1) is 82.0. The van der Waals surface area contributed by atoms with E-state index in [-0.39, 0.29) is 42.4 Å². The number of halogens is 3. The van der Waals surface area contributed by atoms with Gasteiger partial charge < -0.3 is 77.7 Å². The fourth-order valence-electron chi connectivity index (χ4n) is 7.76. The third kappa shape index (κ3) is 30.0. The Hall–Kier alpha value is -12.7. The maximum Gasteiger partial charge on any atom is 0.337 e. The molecule has 0 bridgehead atoms. The third-order valence-electron chi connectivity index (χ3n) is 12.9. The van der Waals surface area contributed by atoms with Crippen molar-refractivity contribution in [3.8, 4) is 40.6 Å². The van der Waals surface area contributed by atoms with Crippen LogP contribution in [0, 0.1) is 20.8 Å². The van der Waals surface area contributed by atoms with Crippen molar-refractivity contribution in [1.82, 2.24) is 69.8 Å². The number of aromatic hydroxyl groups is 1. The quantitative estimate of drug-likeness (QED) is 0.0200. The number of phenols is 1. The highest BCUT2D eigenvalue weighted by Crippen LogP contribution is 2.26. The number of nitrogens with zero attached hydrogens (tertiary/aromatic N) is 14. The van der Waals surface area contributed by atoms with Crippen LogP contribution in [0.25, 0.3) is 0 Å². The highest BCUT2D eigenvalue weighted by molar-refractivity contribution is 6.33. The van der Waals surface area contributed by atoms with Crippen LogP contribution in [-0.4, -0.2) is 131 Å². The highest BCUT2D eigenvalue weighted by atomic mass is 35.5. The molecule has 0 unspecified atom stereocenters. The number of hydrogen-bond acceptors (Lipinski definition) is 31. The molecule has 0 aliphatic rings. The molecule has 0 aliphatic carbocycles. The molecule has 104 heavy (non-hydrogen) atoms. The number of ether oxygens (including phenoxy) is 6. The number of carboxylic acid groups (broad SMARTS) is 1. The van der Waals surface area contributed by atoms with Crippen LogP contribution in [0.2, 0.25) is 15.5 Å². The smallest absolute Gasteiger partial charge is 0.337 e. The number of nitrogens with one attached hydrogen (secondary N) is 2. The standard InChI is InChI=1S/C19H20N6O3.C18H18N6O3.C13H11ClN2O3.C8H8O3.C6H10N4.C4H2Cl2N2.H2O/c1-12-21-9-14(19(20)25-12)10-22-16-8-17(24-11-23-16)28-15-5-3-13(4-6-15)7-18(26)27-2;1-11-20-8-13(18(19)24-11)9-21-15-7-16(23-10-22-15)27-14-4-2-12(3-5-14)6-17(25)26;1-18-13(17)6-9-2-4-10(5-3-9)19-12-7-11(14)15-8-16-12;1-11-8(10)6-2-4-7(9)5-3-6;1-4-9-3-5(2-7)6(8)10-4;5-3-1-4(6)8-2-7-3;/h3-6,8-9,11H,7,10H2,1-2H3,(H2,20,21,25)(H,22,23,24);2-5,7-8,10H,6,9H2,1H3,(H,25,26)(H2,19,20,24)(H,21,22,23);2-5,7-8H,6H2,1H3;2-5,9H,1H3;3H,2,7H2,1H3,(H2,8,9,10);1-2H;1H2. The molecule has 11 aromatic rings. The fraction of sp³-hybridized carbons (Fsp3) is 0.176. The van der Waals surface area contributed by atoms with E-state index in [2.05, 4.69) is 94.6 Å². The zero-order chi connectivity index (χ0) is 74.6. The molecule has 11 rings (SSSR count). The maximum absolute atomic E-state index is 11.3. The average Bonchev–Trinajstić information content (AvgIpc) is 0.874. The van der Waals surface area contributed by atoms with E-state index in [9.17, 15) is 19.2 Å². The number of carbonyl (C=O) groups is 4. The van der Waals surface area contributed by atoms with Gasteiger partial charge in [-0.05, 0) is 98.1 Å². The molecule has 33 nitrogen and oxygen atoms in total. The van der Waals surface area contributed by atoms with Gasteiger partial charge in [-0.25, -0.2) is 74.6 Å². The predicted octanol–water partition coefficient (Wildman–Crippen LogP) is 9.07. The first-order valence-corrected chi connectivity index (χ1v) is 31.3. The lowest BCUT2D eigenvalue weighted by molar-refractivity contribution is -0.140. The zero-order valence-corrected chi connectivity index (χ0v) is 58.8. The van der Waals surface area contributed by atoms with Crippen molar-refractivity contribution in [3.63, 3.8) is 0 Å². The number of rotatable bonds is 20. The lowest BCUT2D eigenvalue weighted by Gasteiger charge is -2.09.